The van der Waals surface area contributed by atoms with Gasteiger partial charge in [0.15, 0.2) is 0 Å². The highest BCUT2D eigenvalue weighted by Gasteiger charge is 2.25. The molecule has 0 spiro atoms. The van der Waals surface area contributed by atoms with E-state index in [1.165, 1.54) is 82.7 Å². The highest BCUT2D eigenvalue weighted by Crippen LogP contribution is 2.37. The molecule has 0 unspecified atom stereocenters. The van der Waals surface area contributed by atoms with Crippen molar-refractivity contribution >= 4 is 0 Å². The SMILES string of the molecule is CCCCC(CCCC)c1cccc(C(CCCC)CCCC)c1-[n+]1cc[nH]c1. The number of hydrogen-bond donors (Lipinski definition) is 1. The van der Waals surface area contributed by atoms with Crippen LogP contribution >= 0.6 is 0 Å². The Labute approximate surface area is 180 Å². The van der Waals surface area contributed by atoms with Crippen LogP contribution < -0.4 is 4.57 Å². The van der Waals surface area contributed by atoms with Crippen molar-refractivity contribution in [1.29, 1.82) is 0 Å². The van der Waals surface area contributed by atoms with E-state index in [0.29, 0.717) is 11.8 Å². The van der Waals surface area contributed by atoms with Crippen molar-refractivity contribution in [1.82, 2.24) is 4.98 Å². The van der Waals surface area contributed by atoms with Gasteiger partial charge in [-0.3, -0.25) is 0 Å². The van der Waals surface area contributed by atoms with Gasteiger partial charge in [0.05, 0.1) is 0 Å². The van der Waals surface area contributed by atoms with Gasteiger partial charge in [0.2, 0.25) is 6.33 Å². The van der Waals surface area contributed by atoms with Gasteiger partial charge in [0, 0.05) is 11.1 Å². The first kappa shape index (κ1) is 23.7. The van der Waals surface area contributed by atoms with Crippen LogP contribution in [0.3, 0.4) is 0 Å². The number of para-hydroxylation sites is 1. The topological polar surface area (TPSA) is 19.7 Å². The summed E-state index contributed by atoms with van der Waals surface area (Å²) in [7, 11) is 0. The summed E-state index contributed by atoms with van der Waals surface area (Å²) >= 11 is 0. The Balaban J connectivity index is 2.51. The van der Waals surface area contributed by atoms with E-state index in [1.807, 2.05) is 0 Å². The lowest BCUT2D eigenvalue weighted by Gasteiger charge is -2.24. The van der Waals surface area contributed by atoms with Crippen LogP contribution in [0.15, 0.2) is 36.9 Å². The summed E-state index contributed by atoms with van der Waals surface area (Å²) in [5.41, 5.74) is 4.63. The Kier molecular flexibility index (Phi) is 11.1. The Morgan fingerprint density at radius 2 is 1.17 bits per heavy atom. The van der Waals surface area contributed by atoms with Gasteiger partial charge in [-0.15, -0.1) is 0 Å². The molecular weight excluding hydrogens is 352 g/mol. The first-order valence-electron chi connectivity index (χ1n) is 12.4. The quantitative estimate of drug-likeness (QED) is 0.292. The highest BCUT2D eigenvalue weighted by molar-refractivity contribution is 5.46. The molecule has 2 aromatic rings. The van der Waals surface area contributed by atoms with Crippen molar-refractivity contribution in [3.05, 3.63) is 48.0 Å². The van der Waals surface area contributed by atoms with Crippen LogP contribution in [0.4, 0.5) is 0 Å². The molecule has 0 bridgehead atoms. The van der Waals surface area contributed by atoms with Crippen molar-refractivity contribution in [2.24, 2.45) is 0 Å². The third kappa shape index (κ3) is 7.01. The largest absolute Gasteiger partial charge is 0.250 e. The average molecular weight is 398 g/mol. The van der Waals surface area contributed by atoms with Gasteiger partial charge in [0.1, 0.15) is 18.1 Å². The average Bonchev–Trinajstić information content (AvgIpc) is 3.28. The number of aromatic nitrogens is 2. The zero-order chi connectivity index (χ0) is 20.9. The summed E-state index contributed by atoms with van der Waals surface area (Å²) in [5.74, 6) is 1.34. The zero-order valence-corrected chi connectivity index (χ0v) is 19.6. The van der Waals surface area contributed by atoms with Crippen LogP contribution in [0, 0.1) is 0 Å². The molecule has 1 N–H and O–H groups in total. The van der Waals surface area contributed by atoms with E-state index in [9.17, 15) is 0 Å². The maximum absolute atomic E-state index is 3.30. The molecule has 0 radical (unpaired) electrons. The number of unbranched alkanes of at least 4 members (excludes halogenated alkanes) is 4. The standard InChI is InChI=1S/C27H44N2/c1-5-9-14-23(15-10-6-2)25-18-13-19-26(27(25)29-21-20-28-22-29)24(16-11-7-3)17-12-8-4/h13,18-24H,5-12,14-17H2,1-4H3/p+1. The van der Waals surface area contributed by atoms with Crippen molar-refractivity contribution in [3.8, 4) is 5.69 Å². The van der Waals surface area contributed by atoms with Crippen molar-refractivity contribution in [3.63, 3.8) is 0 Å². The monoisotopic (exact) mass is 397 g/mol. The van der Waals surface area contributed by atoms with Crippen LogP contribution in [0.5, 0.6) is 0 Å². The van der Waals surface area contributed by atoms with Gasteiger partial charge in [-0.05, 0) is 37.5 Å². The molecule has 0 saturated carbocycles. The molecule has 2 rings (SSSR count). The number of H-pyrrole nitrogens is 1. The minimum atomic E-state index is 0.672. The van der Waals surface area contributed by atoms with E-state index in [2.05, 4.69) is 74.2 Å². The van der Waals surface area contributed by atoms with E-state index in [0.717, 1.165) is 0 Å². The molecule has 2 heteroatoms. The first-order valence-corrected chi connectivity index (χ1v) is 12.4. The van der Waals surface area contributed by atoms with Crippen LogP contribution in [-0.4, -0.2) is 4.98 Å². The lowest BCUT2D eigenvalue weighted by Crippen LogP contribution is -2.32. The summed E-state index contributed by atoms with van der Waals surface area (Å²) in [5, 5.41) is 0. The summed E-state index contributed by atoms with van der Waals surface area (Å²) in [6, 6.07) is 7.19. The van der Waals surface area contributed by atoms with E-state index in [4.69, 9.17) is 0 Å². The number of nitrogens with one attached hydrogen (secondary N) is 1. The molecular formula is C27H45N2+. The minimum Gasteiger partial charge on any atom is -0.250 e. The van der Waals surface area contributed by atoms with Crippen LogP contribution in [-0.2, 0) is 0 Å². The van der Waals surface area contributed by atoms with Crippen LogP contribution in [0.25, 0.3) is 5.69 Å². The number of imidazole rings is 1. The predicted molar refractivity (Wildman–Crippen MR) is 126 cm³/mol. The van der Waals surface area contributed by atoms with Crippen LogP contribution in [0.1, 0.15) is 128 Å². The van der Waals surface area contributed by atoms with Gasteiger partial charge >= 0.3 is 0 Å². The molecule has 1 heterocycles. The molecule has 0 amide bonds. The van der Waals surface area contributed by atoms with Gasteiger partial charge < -0.3 is 0 Å². The fraction of sp³-hybridized carbons (Fsp3) is 0.667. The molecule has 0 fully saturated rings. The smallest absolute Gasteiger partial charge is 0.246 e. The molecule has 29 heavy (non-hydrogen) atoms. The predicted octanol–water partition coefficient (Wildman–Crippen LogP) is 8.22. The fourth-order valence-electron chi connectivity index (χ4n) is 4.68. The summed E-state index contributed by atoms with van der Waals surface area (Å²) in [6.45, 7) is 9.28. The molecule has 0 aliphatic heterocycles. The lowest BCUT2D eigenvalue weighted by molar-refractivity contribution is -0.595. The normalized spacial score (nSPS) is 11.7. The molecule has 0 saturated heterocycles. The molecule has 2 nitrogen and oxygen atoms in total. The maximum atomic E-state index is 3.30. The van der Waals surface area contributed by atoms with Crippen molar-refractivity contribution < 1.29 is 4.57 Å². The summed E-state index contributed by atoms with van der Waals surface area (Å²) in [6.07, 6.45) is 22.1. The van der Waals surface area contributed by atoms with Gasteiger partial charge in [-0.1, -0.05) is 97.3 Å². The molecule has 1 aromatic heterocycles. The van der Waals surface area contributed by atoms with E-state index < -0.39 is 0 Å². The second-order valence-electron chi connectivity index (χ2n) is 8.77. The third-order valence-corrected chi connectivity index (χ3v) is 6.41. The Morgan fingerprint density at radius 1 is 0.724 bits per heavy atom. The molecule has 0 aliphatic rings. The Bertz CT molecular complexity index is 605. The Hall–Kier alpha value is -1.57. The fourth-order valence-corrected chi connectivity index (χ4v) is 4.68. The number of nitrogens with zero attached hydrogens (tertiary/aromatic N) is 1. The molecule has 162 valence electrons. The second kappa shape index (κ2) is 13.6. The number of aromatic amines is 1. The van der Waals surface area contributed by atoms with Gasteiger partial charge in [-0.25, -0.2) is 9.55 Å². The van der Waals surface area contributed by atoms with E-state index in [1.54, 1.807) is 11.1 Å². The van der Waals surface area contributed by atoms with E-state index in [-0.39, 0.29) is 0 Å². The lowest BCUT2D eigenvalue weighted by atomic mass is 9.82. The first-order chi connectivity index (χ1) is 14.3. The third-order valence-electron chi connectivity index (χ3n) is 6.41. The van der Waals surface area contributed by atoms with Gasteiger partial charge in [-0.2, -0.15) is 0 Å². The molecule has 0 aliphatic carbocycles. The summed E-state index contributed by atoms with van der Waals surface area (Å²) < 4.78 is 2.36. The number of benzene rings is 1. The molecule has 1 aromatic carbocycles. The summed E-state index contributed by atoms with van der Waals surface area (Å²) in [4.78, 5) is 3.30. The number of rotatable bonds is 15. The van der Waals surface area contributed by atoms with Crippen LogP contribution in [0.2, 0.25) is 0 Å². The highest BCUT2D eigenvalue weighted by atomic mass is 15.0. The maximum Gasteiger partial charge on any atom is 0.246 e. The minimum absolute atomic E-state index is 0.672. The zero-order valence-electron chi connectivity index (χ0n) is 19.6. The molecule has 0 atom stereocenters. The van der Waals surface area contributed by atoms with E-state index >= 15 is 0 Å². The van der Waals surface area contributed by atoms with Gasteiger partial charge in [0.25, 0.3) is 0 Å². The number of hydrogen-bond acceptors (Lipinski definition) is 0. The second-order valence-corrected chi connectivity index (χ2v) is 8.77. The van der Waals surface area contributed by atoms with Crippen molar-refractivity contribution in [2.75, 3.05) is 0 Å². The Morgan fingerprint density at radius 3 is 1.52 bits per heavy atom. The van der Waals surface area contributed by atoms with Crippen molar-refractivity contribution in [2.45, 2.75) is 117 Å².